The van der Waals surface area contributed by atoms with Crippen molar-refractivity contribution in [3.63, 3.8) is 0 Å². The van der Waals surface area contributed by atoms with Crippen molar-refractivity contribution in [2.24, 2.45) is 0 Å². The minimum absolute atomic E-state index is 0.257. The van der Waals surface area contributed by atoms with E-state index in [0.717, 1.165) is 55.4 Å². The molecule has 16 heteroatoms. The van der Waals surface area contributed by atoms with Gasteiger partial charge in [0.15, 0.2) is 25.5 Å². The van der Waals surface area contributed by atoms with Crippen molar-refractivity contribution < 1.29 is 64.1 Å². The Morgan fingerprint density at radius 3 is 1.26 bits per heavy atom. The maximum Gasteiger partial charge on any atom is 0.430 e. The fraction of sp³-hybridized carbons (Fsp3) is 0.158. The molecule has 10 rings (SSSR count). The van der Waals surface area contributed by atoms with Gasteiger partial charge in [-0.15, -0.1) is 0 Å². The van der Waals surface area contributed by atoms with Gasteiger partial charge in [0.25, 0.3) is 0 Å². The Kier molecular flexibility index (Phi) is 11.6. The number of halogens is 8. The van der Waals surface area contributed by atoms with Gasteiger partial charge in [-0.05, 0) is 41.5 Å². The van der Waals surface area contributed by atoms with Gasteiger partial charge >= 0.3 is 12.4 Å². The predicted octanol–water partition coefficient (Wildman–Crippen LogP) is 5.08. The van der Waals surface area contributed by atoms with Crippen LogP contribution in [0.1, 0.15) is 22.3 Å². The van der Waals surface area contributed by atoms with Crippen molar-refractivity contribution in [2.75, 3.05) is 10.6 Å². The van der Waals surface area contributed by atoms with Crippen LogP contribution in [0, 0.1) is 11.6 Å². The fourth-order valence-corrected chi connectivity index (χ4v) is 5.59. The maximum atomic E-state index is 14.4. The lowest BCUT2D eigenvalue weighted by Crippen LogP contribution is -2.37. The molecule has 0 saturated heterocycles. The molecule has 8 bridgehead atoms. The highest BCUT2D eigenvalue weighted by Gasteiger charge is 2.29. The Morgan fingerprint density at radius 2 is 0.907 bits per heavy atom. The highest BCUT2D eigenvalue weighted by Crippen LogP contribution is 2.25. The predicted molar refractivity (Wildman–Crippen MR) is 176 cm³/mol. The number of nitrogens with zero attached hydrogens (tertiary/aromatic N) is 2. The van der Waals surface area contributed by atoms with E-state index in [1.54, 1.807) is 12.1 Å². The van der Waals surface area contributed by atoms with E-state index in [1.165, 1.54) is 12.1 Å². The second-order valence-corrected chi connectivity index (χ2v) is 12.0. The molecule has 2 N–H and O–H groups in total. The van der Waals surface area contributed by atoms with E-state index in [1.807, 2.05) is 24.3 Å². The number of aromatic nitrogens is 2. The van der Waals surface area contributed by atoms with Crippen LogP contribution in [0.3, 0.4) is 0 Å². The van der Waals surface area contributed by atoms with Gasteiger partial charge in [-0.3, -0.25) is 0 Å². The maximum absolute atomic E-state index is 14.4. The molecule has 54 heavy (non-hydrogen) atoms. The van der Waals surface area contributed by atoms with Gasteiger partial charge in [-0.2, -0.15) is 35.5 Å². The number of hydrogen-bond acceptors (Lipinski definition) is 6. The van der Waals surface area contributed by atoms with Crippen LogP contribution >= 0.6 is 0 Å². The zero-order chi connectivity index (χ0) is 39.2. The molecule has 0 fully saturated rings. The number of pyridine rings is 2. The summed E-state index contributed by atoms with van der Waals surface area (Å²) in [7, 11) is 0. The lowest BCUT2D eigenvalue weighted by atomic mass is 10.1. The van der Waals surface area contributed by atoms with Crippen LogP contribution in [0.2, 0.25) is 0 Å². The number of nitrogens with one attached hydrogen (secondary N) is 2. The molecular weight excluding hydrogens is 728 g/mol. The zero-order valence-electron chi connectivity index (χ0n) is 27.8. The van der Waals surface area contributed by atoms with Crippen LogP contribution in [0.5, 0.6) is 0 Å². The first-order chi connectivity index (χ1) is 25.5. The molecule has 2 aromatic heterocycles. The van der Waals surface area contributed by atoms with E-state index in [0.29, 0.717) is 26.2 Å². The lowest BCUT2D eigenvalue weighted by Gasteiger charge is -2.12. The van der Waals surface area contributed by atoms with Crippen molar-refractivity contribution in [1.29, 1.82) is 0 Å². The summed E-state index contributed by atoms with van der Waals surface area (Å²) in [6.45, 7) is 2.54. The summed E-state index contributed by atoms with van der Waals surface area (Å²) in [4.78, 5) is 17.6. The number of alkyl halides is 6. The van der Waals surface area contributed by atoms with E-state index in [4.69, 9.17) is 19.8 Å². The van der Waals surface area contributed by atoms with E-state index in [-0.39, 0.29) is 11.6 Å². The second-order valence-electron chi connectivity index (χ2n) is 12.0. The molecule has 0 spiro atoms. The number of carbonyl (C=O) groups excluding carboxylic acids is 2. The molecule has 280 valence electrons. The van der Waals surface area contributed by atoms with Gasteiger partial charge in [-0.1, -0.05) is 42.5 Å². The van der Waals surface area contributed by atoms with E-state index < -0.39 is 24.3 Å². The average molecular weight is 757 g/mol. The molecule has 4 aliphatic heterocycles. The molecule has 0 unspecified atom stereocenters. The van der Waals surface area contributed by atoms with Crippen LogP contribution in [-0.2, 0) is 35.8 Å². The number of fused-ring (bicyclic) bond motifs is 1. The Bertz CT molecular complexity index is 2160. The molecule has 0 amide bonds. The number of carboxylic acid groups (broad SMARTS) is 2. The SMILES string of the molecule is Fc1ccc2c(c1)c1cc[n+]2Cc2cccc(c2)C[n+]2ccc(c3cc(F)ccc32)NCc2ccc(cc2)CN1.O=C([O-])C(F)(F)F.O=C([O-])C(F)(F)F. The van der Waals surface area contributed by atoms with Gasteiger partial charge in [0.2, 0.25) is 11.0 Å². The second kappa shape index (κ2) is 16.1. The van der Waals surface area contributed by atoms with E-state index in [2.05, 4.69) is 80.7 Å². The summed E-state index contributed by atoms with van der Waals surface area (Å²) < 4.78 is 96.1. The summed E-state index contributed by atoms with van der Waals surface area (Å²) >= 11 is 0. The highest BCUT2D eigenvalue weighted by molar-refractivity contribution is 5.90. The highest BCUT2D eigenvalue weighted by atomic mass is 19.4. The first-order valence-electron chi connectivity index (χ1n) is 15.9. The number of benzene rings is 4. The number of anilines is 2. The Hall–Kier alpha value is -6.32. The Morgan fingerprint density at radius 1 is 0.537 bits per heavy atom. The number of rotatable bonds is 0. The summed E-state index contributed by atoms with van der Waals surface area (Å²) in [5, 5.41) is 26.3. The Balaban J connectivity index is 0.000000342. The van der Waals surface area contributed by atoms with Crippen molar-refractivity contribution in [2.45, 2.75) is 38.5 Å². The number of carbonyl (C=O) groups is 2. The number of carboxylic acids is 2. The molecule has 8 nitrogen and oxygen atoms in total. The van der Waals surface area contributed by atoms with Crippen LogP contribution in [0.25, 0.3) is 21.8 Å². The first-order valence-corrected chi connectivity index (χ1v) is 15.9. The normalized spacial score (nSPS) is 12.7. The van der Waals surface area contributed by atoms with Crippen LogP contribution in [0.15, 0.2) is 109 Å². The summed E-state index contributed by atoms with van der Waals surface area (Å²) in [6, 6.07) is 30.9. The number of hydrogen-bond donors (Lipinski definition) is 2. The third kappa shape index (κ3) is 9.96. The third-order valence-corrected chi connectivity index (χ3v) is 8.11. The van der Waals surface area contributed by atoms with Crippen LogP contribution in [-0.4, -0.2) is 24.3 Å². The molecule has 6 aromatic rings. The zero-order valence-corrected chi connectivity index (χ0v) is 27.8. The fourth-order valence-electron chi connectivity index (χ4n) is 5.59. The monoisotopic (exact) mass is 756 g/mol. The van der Waals surface area contributed by atoms with Crippen molar-refractivity contribution >= 4 is 45.1 Å². The van der Waals surface area contributed by atoms with Gasteiger partial charge in [0.05, 0.1) is 22.1 Å². The largest absolute Gasteiger partial charge is 0.542 e. The quantitative estimate of drug-likeness (QED) is 0.165. The van der Waals surface area contributed by atoms with Crippen molar-refractivity contribution in [3.05, 3.63) is 143 Å². The minimum atomic E-state index is -5.19. The average Bonchev–Trinajstić information content (AvgIpc) is 3.11. The van der Waals surface area contributed by atoms with Gasteiger partial charge in [0, 0.05) is 48.5 Å². The van der Waals surface area contributed by atoms with Crippen LogP contribution in [0.4, 0.5) is 46.5 Å². The smallest absolute Gasteiger partial charge is 0.430 e. The third-order valence-electron chi connectivity index (χ3n) is 8.11. The molecule has 0 radical (unpaired) electrons. The molecule has 0 saturated carbocycles. The van der Waals surface area contributed by atoms with Gasteiger partial charge < -0.3 is 30.4 Å². The molecule has 4 aromatic carbocycles. The minimum Gasteiger partial charge on any atom is -0.542 e. The van der Waals surface area contributed by atoms with E-state index >= 15 is 0 Å². The summed E-state index contributed by atoms with van der Waals surface area (Å²) in [5.74, 6) is -6.53. The summed E-state index contributed by atoms with van der Waals surface area (Å²) in [5.41, 5.74) is 8.26. The standard InChI is InChI=1S/C34H26F2N4.2C2HF3O2/c35-27-8-10-33-29(17-27)31-12-14-39(33)21-25-2-1-3-26(16-25)22-40-15-13-32(30-18-28(36)9-11-34(30)40)38-20-24-6-4-23(5-7-24)19-37-31;2*3-2(4,5)1(6)7/h1-18H,19-22H2;2*(H,6,7). The molecular formula is C38H28F8N4O4. The molecule has 0 atom stereocenters. The molecule has 0 aliphatic carbocycles. The van der Waals surface area contributed by atoms with E-state index in [9.17, 15) is 35.1 Å². The molecule has 4 aliphatic rings. The number of aliphatic carboxylic acids is 2. The van der Waals surface area contributed by atoms with Crippen molar-refractivity contribution in [1.82, 2.24) is 0 Å². The topological polar surface area (TPSA) is 112 Å². The Labute approximate surface area is 301 Å². The van der Waals surface area contributed by atoms with Crippen LogP contribution < -0.4 is 30.0 Å². The lowest BCUT2D eigenvalue weighted by molar-refractivity contribution is -0.663. The van der Waals surface area contributed by atoms with Crippen molar-refractivity contribution in [3.8, 4) is 0 Å². The van der Waals surface area contributed by atoms with Gasteiger partial charge in [0.1, 0.15) is 23.6 Å². The molecule has 6 heterocycles. The summed E-state index contributed by atoms with van der Waals surface area (Å²) in [6.07, 6.45) is -6.27. The first kappa shape index (κ1) is 38.9. The van der Waals surface area contributed by atoms with Gasteiger partial charge in [-0.25, -0.2) is 8.78 Å².